The first-order valence-electron chi connectivity index (χ1n) is 6.31. The summed E-state index contributed by atoms with van der Waals surface area (Å²) >= 11 is 0. The van der Waals surface area contributed by atoms with Crippen molar-refractivity contribution in [2.75, 3.05) is 13.2 Å². The average Bonchev–Trinajstić information content (AvgIpc) is 2.31. The highest BCUT2D eigenvalue weighted by atomic mass is 16.5. The van der Waals surface area contributed by atoms with Crippen molar-refractivity contribution in [1.82, 2.24) is 0 Å². The average molecular weight is 233 g/mol. The van der Waals surface area contributed by atoms with Gasteiger partial charge in [-0.25, -0.2) is 0 Å². The van der Waals surface area contributed by atoms with Crippen molar-refractivity contribution < 1.29 is 9.47 Å². The fourth-order valence-corrected chi connectivity index (χ4v) is 2.90. The Morgan fingerprint density at radius 2 is 2.29 bits per heavy atom. The maximum Gasteiger partial charge on any atom is 0.134 e. The van der Waals surface area contributed by atoms with Gasteiger partial charge in [-0.15, -0.1) is 0 Å². The lowest BCUT2D eigenvalue weighted by atomic mass is 9.83. The van der Waals surface area contributed by atoms with Gasteiger partial charge in [-0.3, -0.25) is 0 Å². The van der Waals surface area contributed by atoms with Crippen LogP contribution >= 0.6 is 0 Å². The quantitative estimate of drug-likeness (QED) is 0.748. The van der Waals surface area contributed by atoms with Gasteiger partial charge in [0.2, 0.25) is 0 Å². The van der Waals surface area contributed by atoms with Crippen molar-refractivity contribution >= 4 is 0 Å². The zero-order chi connectivity index (χ0) is 11.9. The maximum atomic E-state index is 6.29. The molecule has 2 heterocycles. The van der Waals surface area contributed by atoms with Crippen molar-refractivity contribution in [3.8, 4) is 5.75 Å². The Hall–Kier alpha value is -1.06. The summed E-state index contributed by atoms with van der Waals surface area (Å²) in [5, 5.41) is 0. The predicted molar refractivity (Wildman–Crippen MR) is 66.1 cm³/mol. The van der Waals surface area contributed by atoms with E-state index in [9.17, 15) is 0 Å². The van der Waals surface area contributed by atoms with E-state index in [1.54, 1.807) is 0 Å². The van der Waals surface area contributed by atoms with Gasteiger partial charge in [-0.2, -0.15) is 0 Å². The largest absolute Gasteiger partial charge is 0.484 e. The summed E-state index contributed by atoms with van der Waals surface area (Å²) < 4.78 is 11.8. The Morgan fingerprint density at radius 3 is 3.06 bits per heavy atom. The Kier molecular flexibility index (Phi) is 2.60. The standard InChI is InChI=1S/C14H19NO2/c1-10-3-4-13-11(7-10)12(15)8-14(17-13)5-2-6-16-9-14/h3-4,7,12H,2,5-6,8-9,15H2,1H3. The van der Waals surface area contributed by atoms with E-state index in [1.165, 1.54) is 5.56 Å². The number of ether oxygens (including phenoxy) is 2. The van der Waals surface area contributed by atoms with Crippen molar-refractivity contribution in [3.63, 3.8) is 0 Å². The highest BCUT2D eigenvalue weighted by Gasteiger charge is 2.41. The summed E-state index contributed by atoms with van der Waals surface area (Å²) in [6.45, 7) is 3.61. The molecule has 0 aliphatic carbocycles. The SMILES string of the molecule is Cc1ccc2c(c1)C(N)CC1(CCCOC1)O2. The lowest BCUT2D eigenvalue weighted by Gasteiger charge is -2.43. The van der Waals surface area contributed by atoms with Crippen LogP contribution in [0.2, 0.25) is 0 Å². The second-order valence-electron chi connectivity index (χ2n) is 5.29. The molecule has 1 spiro atoms. The van der Waals surface area contributed by atoms with E-state index < -0.39 is 0 Å². The predicted octanol–water partition coefficient (Wildman–Crippen LogP) is 2.33. The van der Waals surface area contributed by atoms with Gasteiger partial charge >= 0.3 is 0 Å². The van der Waals surface area contributed by atoms with Gasteiger partial charge in [0.25, 0.3) is 0 Å². The van der Waals surface area contributed by atoms with E-state index in [1.807, 2.05) is 6.07 Å². The summed E-state index contributed by atoms with van der Waals surface area (Å²) in [5.74, 6) is 0.944. The maximum absolute atomic E-state index is 6.29. The first-order chi connectivity index (χ1) is 8.19. The number of hydrogen-bond acceptors (Lipinski definition) is 3. The third kappa shape index (κ3) is 1.94. The molecular formula is C14H19NO2. The molecule has 1 aromatic rings. The highest BCUT2D eigenvalue weighted by molar-refractivity contribution is 5.41. The minimum atomic E-state index is -0.181. The molecule has 17 heavy (non-hydrogen) atoms. The Bertz CT molecular complexity index is 424. The van der Waals surface area contributed by atoms with Crippen LogP contribution in [0.3, 0.4) is 0 Å². The van der Waals surface area contributed by atoms with Crippen LogP contribution in [0.25, 0.3) is 0 Å². The molecule has 2 aliphatic rings. The topological polar surface area (TPSA) is 44.5 Å². The second-order valence-corrected chi connectivity index (χ2v) is 5.29. The molecule has 2 atom stereocenters. The Morgan fingerprint density at radius 1 is 1.41 bits per heavy atom. The third-order valence-corrected chi connectivity index (χ3v) is 3.77. The summed E-state index contributed by atoms with van der Waals surface area (Å²) in [4.78, 5) is 0. The summed E-state index contributed by atoms with van der Waals surface area (Å²) in [7, 11) is 0. The van der Waals surface area contributed by atoms with Gasteiger partial charge in [-0.05, 0) is 25.8 Å². The van der Waals surface area contributed by atoms with Crippen LogP contribution in [-0.4, -0.2) is 18.8 Å². The molecule has 0 saturated carbocycles. The van der Waals surface area contributed by atoms with E-state index in [4.69, 9.17) is 15.2 Å². The van der Waals surface area contributed by atoms with Crippen LogP contribution < -0.4 is 10.5 Å². The molecule has 1 aromatic carbocycles. The Balaban J connectivity index is 1.94. The van der Waals surface area contributed by atoms with E-state index in [-0.39, 0.29) is 11.6 Å². The van der Waals surface area contributed by atoms with Gasteiger partial charge in [0.05, 0.1) is 6.61 Å². The molecule has 92 valence electrons. The van der Waals surface area contributed by atoms with Crippen LogP contribution in [0, 0.1) is 6.92 Å². The molecule has 0 aromatic heterocycles. The number of hydrogen-bond donors (Lipinski definition) is 1. The van der Waals surface area contributed by atoms with Crippen molar-refractivity contribution in [3.05, 3.63) is 29.3 Å². The number of nitrogens with two attached hydrogens (primary N) is 1. The lowest BCUT2D eigenvalue weighted by molar-refractivity contribution is -0.0833. The van der Waals surface area contributed by atoms with Gasteiger partial charge in [0, 0.05) is 24.6 Å². The highest BCUT2D eigenvalue weighted by Crippen LogP contribution is 2.42. The van der Waals surface area contributed by atoms with Crippen LogP contribution in [0.15, 0.2) is 18.2 Å². The van der Waals surface area contributed by atoms with Crippen LogP contribution in [0.5, 0.6) is 5.75 Å². The monoisotopic (exact) mass is 233 g/mol. The van der Waals surface area contributed by atoms with Crippen LogP contribution in [0.4, 0.5) is 0 Å². The van der Waals surface area contributed by atoms with Crippen molar-refractivity contribution in [2.45, 2.75) is 37.8 Å². The normalized spacial score (nSPS) is 32.0. The number of aryl methyl sites for hydroxylation is 1. The van der Waals surface area contributed by atoms with Gasteiger partial charge < -0.3 is 15.2 Å². The minimum absolute atomic E-state index is 0.0698. The Labute approximate surface area is 102 Å². The second kappa shape index (κ2) is 4.00. The molecule has 2 unspecified atom stereocenters. The fourth-order valence-electron chi connectivity index (χ4n) is 2.90. The molecule has 0 amide bonds. The van der Waals surface area contributed by atoms with Crippen LogP contribution in [0.1, 0.15) is 36.4 Å². The fraction of sp³-hybridized carbons (Fsp3) is 0.571. The smallest absolute Gasteiger partial charge is 0.134 e. The minimum Gasteiger partial charge on any atom is -0.484 e. The molecule has 2 aliphatic heterocycles. The van der Waals surface area contributed by atoms with Crippen molar-refractivity contribution in [2.24, 2.45) is 5.73 Å². The molecule has 1 fully saturated rings. The number of fused-ring (bicyclic) bond motifs is 1. The van der Waals surface area contributed by atoms with E-state index in [0.717, 1.165) is 37.2 Å². The molecule has 3 nitrogen and oxygen atoms in total. The van der Waals surface area contributed by atoms with E-state index in [2.05, 4.69) is 19.1 Å². The van der Waals surface area contributed by atoms with Gasteiger partial charge in [0.15, 0.2) is 0 Å². The molecule has 2 N–H and O–H groups in total. The van der Waals surface area contributed by atoms with E-state index in [0.29, 0.717) is 6.61 Å². The summed E-state index contributed by atoms with van der Waals surface area (Å²) in [5.41, 5.74) is 8.48. The molecule has 0 bridgehead atoms. The van der Waals surface area contributed by atoms with Gasteiger partial charge in [0.1, 0.15) is 11.4 Å². The summed E-state index contributed by atoms with van der Waals surface area (Å²) in [6.07, 6.45) is 2.98. The molecule has 3 heteroatoms. The van der Waals surface area contributed by atoms with Gasteiger partial charge in [-0.1, -0.05) is 17.7 Å². The van der Waals surface area contributed by atoms with Crippen LogP contribution in [-0.2, 0) is 4.74 Å². The number of benzene rings is 1. The zero-order valence-electron chi connectivity index (χ0n) is 10.2. The summed E-state index contributed by atoms with van der Waals surface area (Å²) in [6, 6.07) is 6.32. The molecule has 3 rings (SSSR count). The van der Waals surface area contributed by atoms with E-state index >= 15 is 0 Å². The first kappa shape index (κ1) is 11.1. The number of rotatable bonds is 0. The molecular weight excluding hydrogens is 214 g/mol. The first-order valence-corrected chi connectivity index (χ1v) is 6.31. The molecule has 0 radical (unpaired) electrons. The lowest BCUT2D eigenvalue weighted by Crippen LogP contribution is -2.49. The zero-order valence-corrected chi connectivity index (χ0v) is 10.2. The van der Waals surface area contributed by atoms with Crippen molar-refractivity contribution in [1.29, 1.82) is 0 Å². The third-order valence-electron chi connectivity index (χ3n) is 3.77. The molecule has 1 saturated heterocycles.